The Morgan fingerprint density at radius 3 is 2.71 bits per heavy atom. The lowest BCUT2D eigenvalue weighted by molar-refractivity contribution is -0.136. The summed E-state index contributed by atoms with van der Waals surface area (Å²) in [7, 11) is 0. The van der Waals surface area contributed by atoms with E-state index < -0.39 is 17.8 Å². The fourth-order valence-electron chi connectivity index (χ4n) is 1.77. The number of carbonyl (C=O) groups excluding carboxylic acids is 1. The van der Waals surface area contributed by atoms with E-state index in [2.05, 4.69) is 10.3 Å². The Hall–Kier alpha value is -2.76. The van der Waals surface area contributed by atoms with Gasteiger partial charge in [0, 0.05) is 18.3 Å². The first kappa shape index (κ1) is 14.6. The first-order valence-electron chi connectivity index (χ1n) is 6.28. The molecule has 0 fully saturated rings. The van der Waals surface area contributed by atoms with Crippen molar-refractivity contribution in [2.45, 2.75) is 12.8 Å². The van der Waals surface area contributed by atoms with E-state index in [4.69, 9.17) is 5.11 Å². The molecule has 0 radical (unpaired) electrons. The summed E-state index contributed by atoms with van der Waals surface area (Å²) in [5.41, 5.74) is 1.60. The summed E-state index contributed by atoms with van der Waals surface area (Å²) < 4.78 is 12.7. The highest BCUT2D eigenvalue weighted by molar-refractivity contribution is 6.04. The number of halogens is 1. The molecule has 2 aromatic rings. The van der Waals surface area contributed by atoms with Gasteiger partial charge in [-0.15, -0.1) is 0 Å². The molecule has 1 aromatic carbocycles. The molecule has 1 aromatic heterocycles. The van der Waals surface area contributed by atoms with Gasteiger partial charge in [-0.1, -0.05) is 12.1 Å². The van der Waals surface area contributed by atoms with Gasteiger partial charge >= 0.3 is 5.97 Å². The highest BCUT2D eigenvalue weighted by Gasteiger charge is 2.07. The molecule has 1 heterocycles. The fourth-order valence-corrected chi connectivity index (χ4v) is 1.77. The van der Waals surface area contributed by atoms with Crippen molar-refractivity contribution in [2.75, 3.05) is 5.32 Å². The molecule has 5 nitrogen and oxygen atoms in total. The minimum Gasteiger partial charge on any atom is -0.481 e. The van der Waals surface area contributed by atoms with Crippen molar-refractivity contribution in [3.05, 3.63) is 59.7 Å². The number of aryl methyl sites for hydroxylation is 1. The lowest BCUT2D eigenvalue weighted by Crippen LogP contribution is -2.12. The van der Waals surface area contributed by atoms with Crippen molar-refractivity contribution < 1.29 is 19.1 Å². The second-order valence-corrected chi connectivity index (χ2v) is 4.42. The predicted molar refractivity (Wildman–Crippen MR) is 74.5 cm³/mol. The number of hydrogen-bond donors (Lipinski definition) is 2. The van der Waals surface area contributed by atoms with Gasteiger partial charge in [0.25, 0.3) is 5.91 Å². The SMILES string of the molecule is O=C(O)CCc1cccc(NC(=O)c2ccc(F)nc2)c1. The molecule has 0 aliphatic heterocycles. The monoisotopic (exact) mass is 288 g/mol. The number of aliphatic carboxylic acids is 1. The average molecular weight is 288 g/mol. The minimum absolute atomic E-state index is 0.0271. The second-order valence-electron chi connectivity index (χ2n) is 4.42. The minimum atomic E-state index is -0.873. The molecular weight excluding hydrogens is 275 g/mol. The van der Waals surface area contributed by atoms with Crippen LogP contribution in [0.15, 0.2) is 42.6 Å². The van der Waals surface area contributed by atoms with Crippen LogP contribution in [-0.2, 0) is 11.2 Å². The molecule has 21 heavy (non-hydrogen) atoms. The molecule has 0 aliphatic rings. The number of benzene rings is 1. The maximum atomic E-state index is 12.7. The molecule has 0 atom stereocenters. The summed E-state index contributed by atoms with van der Waals surface area (Å²) in [5.74, 6) is -1.93. The highest BCUT2D eigenvalue weighted by atomic mass is 19.1. The summed E-state index contributed by atoms with van der Waals surface area (Å²) in [6.45, 7) is 0. The third-order valence-corrected chi connectivity index (χ3v) is 2.80. The second kappa shape index (κ2) is 6.60. The molecule has 0 saturated carbocycles. The molecule has 2 rings (SSSR count). The standard InChI is InChI=1S/C15H13FN2O3/c16-13-6-5-11(9-17-13)15(21)18-12-3-1-2-10(8-12)4-7-14(19)20/h1-3,5-6,8-9H,4,7H2,(H,18,21)(H,19,20). The van der Waals surface area contributed by atoms with Gasteiger partial charge < -0.3 is 10.4 Å². The van der Waals surface area contributed by atoms with Gasteiger partial charge in [-0.25, -0.2) is 4.98 Å². The third-order valence-electron chi connectivity index (χ3n) is 2.80. The van der Waals surface area contributed by atoms with E-state index in [0.717, 1.165) is 17.8 Å². The zero-order valence-corrected chi connectivity index (χ0v) is 11.0. The Kier molecular flexibility index (Phi) is 4.61. The third kappa shape index (κ3) is 4.38. The van der Waals surface area contributed by atoms with E-state index >= 15 is 0 Å². The van der Waals surface area contributed by atoms with E-state index in [1.54, 1.807) is 24.3 Å². The number of carboxylic acid groups (broad SMARTS) is 1. The van der Waals surface area contributed by atoms with E-state index in [1.807, 2.05) is 0 Å². The number of carboxylic acids is 1. The molecule has 0 unspecified atom stereocenters. The van der Waals surface area contributed by atoms with Crippen molar-refractivity contribution in [1.82, 2.24) is 4.98 Å². The van der Waals surface area contributed by atoms with E-state index in [-0.39, 0.29) is 12.0 Å². The molecule has 0 saturated heterocycles. The average Bonchev–Trinajstić information content (AvgIpc) is 2.46. The van der Waals surface area contributed by atoms with Gasteiger partial charge in [0.2, 0.25) is 5.95 Å². The van der Waals surface area contributed by atoms with Gasteiger partial charge in [-0.2, -0.15) is 4.39 Å². The zero-order valence-electron chi connectivity index (χ0n) is 11.0. The quantitative estimate of drug-likeness (QED) is 0.828. The number of rotatable bonds is 5. The van der Waals surface area contributed by atoms with Gasteiger partial charge in [-0.3, -0.25) is 9.59 Å². The van der Waals surface area contributed by atoms with Gasteiger partial charge in [-0.05, 0) is 36.2 Å². The maximum Gasteiger partial charge on any atom is 0.303 e. The molecule has 0 aliphatic carbocycles. The number of nitrogens with zero attached hydrogens (tertiary/aromatic N) is 1. The number of anilines is 1. The summed E-state index contributed by atoms with van der Waals surface area (Å²) in [4.78, 5) is 25.9. The molecule has 0 bridgehead atoms. The molecular formula is C15H13FN2O3. The van der Waals surface area contributed by atoms with Crippen LogP contribution in [0.2, 0.25) is 0 Å². The van der Waals surface area contributed by atoms with Gasteiger partial charge in [0.05, 0.1) is 5.56 Å². The Balaban J connectivity index is 2.05. The number of hydrogen-bond acceptors (Lipinski definition) is 3. The normalized spacial score (nSPS) is 10.1. The highest BCUT2D eigenvalue weighted by Crippen LogP contribution is 2.13. The maximum absolute atomic E-state index is 12.7. The lowest BCUT2D eigenvalue weighted by Gasteiger charge is -2.07. The summed E-state index contributed by atoms with van der Waals surface area (Å²) >= 11 is 0. The Bertz CT molecular complexity index is 656. The number of carbonyl (C=O) groups is 2. The van der Waals surface area contributed by atoms with E-state index in [9.17, 15) is 14.0 Å². The van der Waals surface area contributed by atoms with Crippen molar-refractivity contribution in [3.8, 4) is 0 Å². The van der Waals surface area contributed by atoms with Crippen LogP contribution in [0.5, 0.6) is 0 Å². The molecule has 2 N–H and O–H groups in total. The first-order chi connectivity index (χ1) is 10.0. The largest absolute Gasteiger partial charge is 0.481 e. The van der Waals surface area contributed by atoms with E-state index in [1.165, 1.54) is 6.07 Å². The Labute approximate surface area is 120 Å². The fraction of sp³-hybridized carbons (Fsp3) is 0.133. The van der Waals surface area contributed by atoms with Crippen LogP contribution in [0.4, 0.5) is 10.1 Å². The summed E-state index contributed by atoms with van der Waals surface area (Å²) in [6.07, 6.45) is 1.56. The van der Waals surface area contributed by atoms with Crippen molar-refractivity contribution in [1.29, 1.82) is 0 Å². The number of pyridine rings is 1. The number of aromatic nitrogens is 1. The zero-order chi connectivity index (χ0) is 15.2. The number of amides is 1. The van der Waals surface area contributed by atoms with Crippen molar-refractivity contribution >= 4 is 17.6 Å². The molecule has 108 valence electrons. The van der Waals surface area contributed by atoms with Gasteiger partial charge in [0.15, 0.2) is 0 Å². The molecule has 1 amide bonds. The van der Waals surface area contributed by atoms with Crippen LogP contribution in [0, 0.1) is 5.95 Å². The lowest BCUT2D eigenvalue weighted by atomic mass is 10.1. The predicted octanol–water partition coefficient (Wildman–Crippen LogP) is 2.49. The van der Waals surface area contributed by atoms with Crippen LogP contribution in [0.3, 0.4) is 0 Å². The Morgan fingerprint density at radius 2 is 2.05 bits per heavy atom. The van der Waals surface area contributed by atoms with Crippen LogP contribution < -0.4 is 5.32 Å². The summed E-state index contributed by atoms with van der Waals surface area (Å²) in [5, 5.41) is 11.3. The van der Waals surface area contributed by atoms with Crippen LogP contribution in [-0.4, -0.2) is 22.0 Å². The summed E-state index contributed by atoms with van der Waals surface area (Å²) in [6, 6.07) is 9.37. The topological polar surface area (TPSA) is 79.3 Å². The molecule has 6 heteroatoms. The molecule has 0 spiro atoms. The Morgan fingerprint density at radius 1 is 1.24 bits per heavy atom. The van der Waals surface area contributed by atoms with Crippen LogP contribution >= 0.6 is 0 Å². The smallest absolute Gasteiger partial charge is 0.303 e. The van der Waals surface area contributed by atoms with Crippen molar-refractivity contribution in [3.63, 3.8) is 0 Å². The van der Waals surface area contributed by atoms with Crippen LogP contribution in [0.25, 0.3) is 0 Å². The first-order valence-corrected chi connectivity index (χ1v) is 6.28. The van der Waals surface area contributed by atoms with E-state index in [0.29, 0.717) is 12.1 Å². The van der Waals surface area contributed by atoms with Gasteiger partial charge in [0.1, 0.15) is 0 Å². The number of nitrogens with one attached hydrogen (secondary N) is 1. The van der Waals surface area contributed by atoms with Crippen molar-refractivity contribution in [2.24, 2.45) is 0 Å². The van der Waals surface area contributed by atoms with Crippen LogP contribution in [0.1, 0.15) is 22.3 Å².